The van der Waals surface area contributed by atoms with Gasteiger partial charge in [0.05, 0.1) is 11.4 Å². The number of piperazine rings is 1. The summed E-state index contributed by atoms with van der Waals surface area (Å²) < 4.78 is 0. The molecule has 1 aromatic carbocycles. The molecule has 1 saturated heterocycles. The molecule has 1 aromatic rings. The van der Waals surface area contributed by atoms with Crippen LogP contribution in [-0.2, 0) is 4.79 Å². The van der Waals surface area contributed by atoms with Gasteiger partial charge in [-0.3, -0.25) is 4.79 Å². The maximum absolute atomic E-state index is 11.6. The summed E-state index contributed by atoms with van der Waals surface area (Å²) >= 11 is 6.03. The molecule has 0 atom stereocenters. The lowest BCUT2D eigenvalue weighted by Crippen LogP contribution is -2.44. The number of carbonyl (C=O) groups excluding carboxylic acids is 1. The van der Waals surface area contributed by atoms with Gasteiger partial charge in [-0.1, -0.05) is 18.5 Å². The molecule has 19 heavy (non-hydrogen) atoms. The third kappa shape index (κ3) is 3.61. The maximum Gasteiger partial charge on any atom is 0.224 e. The molecule has 0 aliphatic carbocycles. The second-order valence-electron chi connectivity index (χ2n) is 4.85. The highest BCUT2D eigenvalue weighted by Crippen LogP contribution is 2.30. The summed E-state index contributed by atoms with van der Waals surface area (Å²) in [4.78, 5) is 16.2. The van der Waals surface area contributed by atoms with Gasteiger partial charge in [-0.15, -0.1) is 0 Å². The largest absolute Gasteiger partial charge is 0.367 e. The molecular weight excluding hydrogens is 262 g/mol. The second-order valence-corrected chi connectivity index (χ2v) is 5.29. The molecule has 1 fully saturated rings. The van der Waals surface area contributed by atoms with Gasteiger partial charge in [0.2, 0.25) is 5.91 Å². The molecule has 1 aliphatic heterocycles. The number of carbonyl (C=O) groups is 1. The summed E-state index contributed by atoms with van der Waals surface area (Å²) in [6.45, 7) is 5.84. The van der Waals surface area contributed by atoms with E-state index >= 15 is 0 Å². The number of nitrogens with one attached hydrogen (secondary N) is 1. The molecule has 1 N–H and O–H groups in total. The normalized spacial score (nSPS) is 16.5. The lowest BCUT2D eigenvalue weighted by molar-refractivity contribution is -0.115. The van der Waals surface area contributed by atoms with E-state index in [1.165, 1.54) is 0 Å². The van der Waals surface area contributed by atoms with Crippen molar-refractivity contribution in [2.24, 2.45) is 0 Å². The van der Waals surface area contributed by atoms with E-state index in [-0.39, 0.29) is 5.91 Å². The lowest BCUT2D eigenvalue weighted by atomic mass is 10.2. The van der Waals surface area contributed by atoms with Crippen molar-refractivity contribution in [2.45, 2.75) is 13.3 Å². The number of likely N-dealkylation sites (N-methyl/N-ethyl adjacent to an activating group) is 1. The van der Waals surface area contributed by atoms with Gasteiger partial charge in [-0.2, -0.15) is 0 Å². The predicted octanol–water partition coefficient (Wildman–Crippen LogP) is 2.44. The summed E-state index contributed by atoms with van der Waals surface area (Å²) in [5.74, 6) is 0.0117. The Balaban J connectivity index is 2.21. The Bertz CT molecular complexity index is 456. The first-order valence-corrected chi connectivity index (χ1v) is 7.01. The monoisotopic (exact) mass is 281 g/mol. The molecule has 2 rings (SSSR count). The fourth-order valence-electron chi connectivity index (χ4n) is 2.17. The highest BCUT2D eigenvalue weighted by atomic mass is 35.5. The van der Waals surface area contributed by atoms with Crippen molar-refractivity contribution in [1.82, 2.24) is 4.90 Å². The molecule has 1 heterocycles. The van der Waals surface area contributed by atoms with Gasteiger partial charge in [0, 0.05) is 37.6 Å². The van der Waals surface area contributed by atoms with E-state index in [2.05, 4.69) is 22.2 Å². The molecule has 0 unspecified atom stereocenters. The Morgan fingerprint density at radius 3 is 2.63 bits per heavy atom. The van der Waals surface area contributed by atoms with Crippen LogP contribution in [0.25, 0.3) is 0 Å². The number of nitrogens with zero attached hydrogens (tertiary/aromatic N) is 2. The SMILES string of the molecule is CCC(=O)Nc1cc(Cl)ccc1N1CCN(C)CC1. The smallest absolute Gasteiger partial charge is 0.224 e. The van der Waals surface area contributed by atoms with Crippen molar-refractivity contribution in [1.29, 1.82) is 0 Å². The second kappa shape index (κ2) is 6.26. The average Bonchev–Trinajstić information content (AvgIpc) is 2.40. The molecule has 104 valence electrons. The van der Waals surface area contributed by atoms with Gasteiger partial charge in [0.1, 0.15) is 0 Å². The van der Waals surface area contributed by atoms with Gasteiger partial charge < -0.3 is 15.1 Å². The molecule has 0 radical (unpaired) electrons. The molecule has 5 heteroatoms. The predicted molar refractivity (Wildman–Crippen MR) is 80.1 cm³/mol. The minimum absolute atomic E-state index is 0.0117. The van der Waals surface area contributed by atoms with Crippen LogP contribution in [0.4, 0.5) is 11.4 Å². The highest BCUT2D eigenvalue weighted by Gasteiger charge is 2.17. The standard InChI is InChI=1S/C14H20ClN3O/c1-3-14(19)16-12-10-11(15)4-5-13(12)18-8-6-17(2)7-9-18/h4-5,10H,3,6-9H2,1-2H3,(H,16,19). The first-order valence-electron chi connectivity index (χ1n) is 6.63. The molecule has 4 nitrogen and oxygen atoms in total. The minimum atomic E-state index is 0.0117. The van der Waals surface area contributed by atoms with Crippen LogP contribution in [-0.4, -0.2) is 44.0 Å². The van der Waals surface area contributed by atoms with Gasteiger partial charge in [-0.05, 0) is 25.2 Å². The number of halogens is 1. The Kier molecular flexibility index (Phi) is 4.66. The van der Waals surface area contributed by atoms with E-state index in [1.807, 2.05) is 25.1 Å². The van der Waals surface area contributed by atoms with Crippen molar-refractivity contribution in [3.63, 3.8) is 0 Å². The fourth-order valence-corrected chi connectivity index (χ4v) is 2.34. The van der Waals surface area contributed by atoms with E-state index < -0.39 is 0 Å². The summed E-state index contributed by atoms with van der Waals surface area (Å²) in [6.07, 6.45) is 0.467. The summed E-state index contributed by atoms with van der Waals surface area (Å²) in [5.41, 5.74) is 1.86. The van der Waals surface area contributed by atoms with Crippen molar-refractivity contribution >= 4 is 28.9 Å². The Hall–Kier alpha value is -1.26. The van der Waals surface area contributed by atoms with Crippen molar-refractivity contribution in [3.05, 3.63) is 23.2 Å². The molecule has 0 spiro atoms. The van der Waals surface area contributed by atoms with E-state index in [9.17, 15) is 4.79 Å². The lowest BCUT2D eigenvalue weighted by Gasteiger charge is -2.35. The Morgan fingerprint density at radius 1 is 1.32 bits per heavy atom. The first kappa shape index (κ1) is 14.2. The van der Waals surface area contributed by atoms with E-state index in [0.717, 1.165) is 37.6 Å². The highest BCUT2D eigenvalue weighted by molar-refractivity contribution is 6.31. The summed E-state index contributed by atoms with van der Waals surface area (Å²) in [5, 5.41) is 3.57. The number of amides is 1. The first-order chi connectivity index (χ1) is 9.10. The van der Waals surface area contributed by atoms with Crippen LogP contribution in [0.5, 0.6) is 0 Å². The molecule has 1 aliphatic rings. The van der Waals surface area contributed by atoms with Gasteiger partial charge in [-0.25, -0.2) is 0 Å². The topological polar surface area (TPSA) is 35.6 Å². The van der Waals surface area contributed by atoms with E-state index in [1.54, 1.807) is 0 Å². The third-order valence-electron chi connectivity index (χ3n) is 3.40. The average molecular weight is 282 g/mol. The fraction of sp³-hybridized carbons (Fsp3) is 0.500. The number of hydrogen-bond acceptors (Lipinski definition) is 3. The quantitative estimate of drug-likeness (QED) is 0.924. The molecule has 0 aromatic heterocycles. The van der Waals surface area contributed by atoms with Crippen LogP contribution < -0.4 is 10.2 Å². The van der Waals surface area contributed by atoms with Gasteiger partial charge in [0.15, 0.2) is 0 Å². The Morgan fingerprint density at radius 2 is 2.00 bits per heavy atom. The summed E-state index contributed by atoms with van der Waals surface area (Å²) in [6, 6.07) is 5.68. The zero-order chi connectivity index (χ0) is 13.8. The maximum atomic E-state index is 11.6. The third-order valence-corrected chi connectivity index (χ3v) is 3.63. The zero-order valence-electron chi connectivity index (χ0n) is 11.4. The van der Waals surface area contributed by atoms with E-state index in [4.69, 9.17) is 11.6 Å². The van der Waals surface area contributed by atoms with Gasteiger partial charge >= 0.3 is 0 Å². The number of hydrogen-bond donors (Lipinski definition) is 1. The molecular formula is C14H20ClN3O. The van der Waals surface area contributed by atoms with Crippen molar-refractivity contribution in [3.8, 4) is 0 Å². The van der Waals surface area contributed by atoms with Crippen LogP contribution in [0, 0.1) is 0 Å². The number of benzene rings is 1. The van der Waals surface area contributed by atoms with Crippen LogP contribution in [0.3, 0.4) is 0 Å². The molecule has 0 saturated carbocycles. The van der Waals surface area contributed by atoms with Crippen LogP contribution in [0.1, 0.15) is 13.3 Å². The van der Waals surface area contributed by atoms with Crippen LogP contribution in [0.15, 0.2) is 18.2 Å². The van der Waals surface area contributed by atoms with Gasteiger partial charge in [0.25, 0.3) is 0 Å². The number of rotatable bonds is 3. The van der Waals surface area contributed by atoms with Crippen LogP contribution in [0.2, 0.25) is 5.02 Å². The van der Waals surface area contributed by atoms with Crippen LogP contribution >= 0.6 is 11.6 Å². The zero-order valence-corrected chi connectivity index (χ0v) is 12.2. The summed E-state index contributed by atoms with van der Waals surface area (Å²) in [7, 11) is 2.12. The van der Waals surface area contributed by atoms with Crippen molar-refractivity contribution in [2.75, 3.05) is 43.4 Å². The van der Waals surface area contributed by atoms with Crippen molar-refractivity contribution < 1.29 is 4.79 Å². The minimum Gasteiger partial charge on any atom is -0.367 e. The number of anilines is 2. The molecule has 0 bridgehead atoms. The Labute approximate surface area is 119 Å². The molecule has 1 amide bonds. The van der Waals surface area contributed by atoms with E-state index in [0.29, 0.717) is 11.4 Å².